The zero-order valence-corrected chi connectivity index (χ0v) is 28.7. The van der Waals surface area contributed by atoms with E-state index in [9.17, 15) is 0 Å². The predicted octanol–water partition coefficient (Wildman–Crippen LogP) is 12.2. The molecule has 240 valence electrons. The average Bonchev–Trinajstić information content (AvgIpc) is 3.88. The summed E-state index contributed by atoms with van der Waals surface area (Å²) in [6, 6.07) is 52.9. The molecule has 0 aromatic heterocycles. The van der Waals surface area contributed by atoms with Gasteiger partial charge in [0.05, 0.1) is 16.5 Å². The Morgan fingerprint density at radius 2 is 1.08 bits per heavy atom. The number of hydrogen-bond donors (Lipinski definition) is 0. The van der Waals surface area contributed by atoms with Crippen LogP contribution in [0.15, 0.2) is 175 Å². The Labute approximate surface area is 299 Å². The zero-order valence-electron chi connectivity index (χ0n) is 28.7. The number of fused-ring (bicyclic) bond motifs is 14. The van der Waals surface area contributed by atoms with Gasteiger partial charge in [0, 0.05) is 22.4 Å². The van der Waals surface area contributed by atoms with Crippen LogP contribution in [-0.4, -0.2) is 0 Å². The molecule has 0 saturated heterocycles. The van der Waals surface area contributed by atoms with Gasteiger partial charge in [-0.2, -0.15) is 0 Å². The minimum absolute atomic E-state index is 0.0850. The maximum atomic E-state index is 2.63. The molecule has 0 bridgehead atoms. The first-order valence-electron chi connectivity index (χ1n) is 18.3. The van der Waals surface area contributed by atoms with Crippen LogP contribution >= 0.6 is 0 Å². The molecule has 2 spiro atoms. The van der Waals surface area contributed by atoms with Crippen molar-refractivity contribution in [1.82, 2.24) is 0 Å². The molecule has 6 aromatic rings. The average molecular weight is 650 g/mol. The highest BCUT2D eigenvalue weighted by atomic mass is 15.2. The summed E-state index contributed by atoms with van der Waals surface area (Å²) in [4.78, 5) is 2.62. The van der Waals surface area contributed by atoms with Crippen LogP contribution in [0.3, 0.4) is 0 Å². The lowest BCUT2D eigenvalue weighted by atomic mass is 9.62. The number of benzene rings is 6. The van der Waals surface area contributed by atoms with Crippen LogP contribution in [0.5, 0.6) is 0 Å². The highest BCUT2D eigenvalue weighted by molar-refractivity contribution is 6.02. The first-order valence-corrected chi connectivity index (χ1v) is 18.3. The van der Waals surface area contributed by atoms with E-state index in [0.717, 1.165) is 6.42 Å². The van der Waals surface area contributed by atoms with Gasteiger partial charge < -0.3 is 4.90 Å². The van der Waals surface area contributed by atoms with Crippen molar-refractivity contribution in [3.8, 4) is 22.3 Å². The van der Waals surface area contributed by atoms with Gasteiger partial charge in [-0.25, -0.2) is 0 Å². The van der Waals surface area contributed by atoms with E-state index in [1.54, 1.807) is 0 Å². The molecule has 6 aromatic carbocycles. The Morgan fingerprint density at radius 3 is 1.78 bits per heavy atom. The normalized spacial score (nSPS) is 21.1. The second-order valence-corrected chi connectivity index (χ2v) is 15.6. The SMILES string of the molecule is CC1(C)c2ccccc2-c2ccc(N3C4=CC5=C(CC46C=CC=C6c4ccccc43)c3ccccc3C53c4ccccc4-c4ccccc43)cc21. The van der Waals surface area contributed by atoms with Crippen molar-refractivity contribution in [2.75, 3.05) is 4.90 Å². The van der Waals surface area contributed by atoms with Gasteiger partial charge in [0.1, 0.15) is 0 Å². The van der Waals surface area contributed by atoms with Crippen molar-refractivity contribution in [2.24, 2.45) is 5.41 Å². The van der Waals surface area contributed by atoms with E-state index in [1.165, 1.54) is 95.0 Å². The number of anilines is 2. The van der Waals surface area contributed by atoms with Crippen molar-refractivity contribution in [3.05, 3.63) is 214 Å². The molecule has 0 radical (unpaired) electrons. The maximum Gasteiger partial charge on any atom is 0.0722 e. The summed E-state index contributed by atoms with van der Waals surface area (Å²) in [5, 5.41) is 0. The minimum Gasteiger partial charge on any atom is -0.312 e. The zero-order chi connectivity index (χ0) is 33.7. The van der Waals surface area contributed by atoms with E-state index in [1.807, 2.05) is 0 Å². The third-order valence-electron chi connectivity index (χ3n) is 13.2. The topological polar surface area (TPSA) is 3.24 Å². The van der Waals surface area contributed by atoms with Crippen molar-refractivity contribution in [3.63, 3.8) is 0 Å². The third kappa shape index (κ3) is 3.12. The van der Waals surface area contributed by atoms with Gasteiger partial charge in [0.2, 0.25) is 0 Å². The van der Waals surface area contributed by atoms with Gasteiger partial charge in [-0.15, -0.1) is 0 Å². The van der Waals surface area contributed by atoms with Gasteiger partial charge in [-0.05, 0) is 103 Å². The Kier molecular flexibility index (Phi) is 5.05. The lowest BCUT2D eigenvalue weighted by Gasteiger charge is -2.49. The summed E-state index contributed by atoms with van der Waals surface area (Å²) in [7, 11) is 0. The highest BCUT2D eigenvalue weighted by Crippen LogP contribution is 2.69. The predicted molar refractivity (Wildman–Crippen MR) is 210 cm³/mol. The van der Waals surface area contributed by atoms with E-state index in [4.69, 9.17) is 0 Å². The molecule has 0 fully saturated rings. The minimum atomic E-state index is -0.371. The Bertz CT molecular complexity index is 2660. The van der Waals surface area contributed by atoms with Crippen LogP contribution in [-0.2, 0) is 10.8 Å². The monoisotopic (exact) mass is 649 g/mol. The van der Waals surface area contributed by atoms with E-state index in [-0.39, 0.29) is 16.2 Å². The van der Waals surface area contributed by atoms with Gasteiger partial charge in [0.15, 0.2) is 0 Å². The first-order chi connectivity index (χ1) is 25.0. The summed E-state index contributed by atoms with van der Waals surface area (Å²) in [5.74, 6) is 0. The maximum absolute atomic E-state index is 2.63. The van der Waals surface area contributed by atoms with Gasteiger partial charge in [-0.1, -0.05) is 153 Å². The quantitative estimate of drug-likeness (QED) is 0.171. The molecule has 6 aliphatic rings. The van der Waals surface area contributed by atoms with Crippen molar-refractivity contribution in [2.45, 2.75) is 31.1 Å². The summed E-state index contributed by atoms with van der Waals surface area (Å²) in [6.45, 7) is 4.78. The van der Waals surface area contributed by atoms with E-state index >= 15 is 0 Å². The number of rotatable bonds is 1. The number of para-hydroxylation sites is 1. The third-order valence-corrected chi connectivity index (χ3v) is 13.2. The van der Waals surface area contributed by atoms with Crippen LogP contribution < -0.4 is 4.90 Å². The fourth-order valence-electron chi connectivity index (χ4n) is 11.1. The molecule has 1 heterocycles. The van der Waals surface area contributed by atoms with Crippen molar-refractivity contribution >= 4 is 22.5 Å². The fraction of sp³-hybridized carbons (Fsp3) is 0.120. The van der Waals surface area contributed by atoms with Gasteiger partial charge in [-0.3, -0.25) is 0 Å². The van der Waals surface area contributed by atoms with E-state index in [2.05, 4.69) is 183 Å². The molecule has 1 atom stereocenters. The van der Waals surface area contributed by atoms with Crippen molar-refractivity contribution < 1.29 is 0 Å². The first kappa shape index (κ1) is 27.9. The molecular weight excluding hydrogens is 615 g/mol. The lowest BCUT2D eigenvalue weighted by Crippen LogP contribution is -2.39. The molecule has 0 amide bonds. The molecular formula is C50H35N. The van der Waals surface area contributed by atoms with Crippen LogP contribution in [0.1, 0.15) is 59.2 Å². The molecule has 1 nitrogen and oxygen atoms in total. The van der Waals surface area contributed by atoms with Crippen LogP contribution in [0, 0.1) is 5.41 Å². The molecule has 5 aliphatic carbocycles. The standard InChI is InChI=1S/C50H35N/c1-48(2)39-19-8-3-14-32(39)36-26-25-31(28-44(36)48)51-46-24-12-7-18-37(46)40-23-13-27-49(40)30-38-35-17-6-11-22-43(35)50(45(38)29-47(49)51)41-20-9-4-15-33(41)34-16-5-10-21-42(34)50/h3-29H,30H2,1-2H3. The second kappa shape index (κ2) is 9.24. The van der Waals surface area contributed by atoms with Crippen LogP contribution in [0.4, 0.5) is 11.4 Å². The molecule has 12 rings (SSSR count). The molecule has 1 heteroatoms. The summed E-state index contributed by atoms with van der Waals surface area (Å²) in [6.07, 6.45) is 10.7. The van der Waals surface area contributed by atoms with Crippen LogP contribution in [0.25, 0.3) is 33.4 Å². The largest absolute Gasteiger partial charge is 0.312 e. The summed E-state index contributed by atoms with van der Waals surface area (Å²) < 4.78 is 0. The van der Waals surface area contributed by atoms with Crippen LogP contribution in [0.2, 0.25) is 0 Å². The Balaban J connectivity index is 1.17. The molecule has 51 heavy (non-hydrogen) atoms. The lowest BCUT2D eigenvalue weighted by molar-refractivity contribution is 0.595. The number of allylic oxidation sites excluding steroid dienone is 6. The smallest absolute Gasteiger partial charge is 0.0722 e. The summed E-state index contributed by atoms with van der Waals surface area (Å²) in [5.41, 5.74) is 22.6. The molecule has 0 saturated carbocycles. The highest BCUT2D eigenvalue weighted by Gasteiger charge is 2.57. The summed E-state index contributed by atoms with van der Waals surface area (Å²) >= 11 is 0. The Hall–Kier alpha value is -5.92. The van der Waals surface area contributed by atoms with E-state index < -0.39 is 0 Å². The van der Waals surface area contributed by atoms with Gasteiger partial charge in [0.25, 0.3) is 0 Å². The number of hydrogen-bond acceptors (Lipinski definition) is 1. The fourth-order valence-corrected chi connectivity index (χ4v) is 11.1. The molecule has 0 N–H and O–H groups in total. The van der Waals surface area contributed by atoms with Gasteiger partial charge >= 0.3 is 0 Å². The second-order valence-electron chi connectivity index (χ2n) is 15.6. The molecule has 1 unspecified atom stereocenters. The van der Waals surface area contributed by atoms with Crippen molar-refractivity contribution in [1.29, 1.82) is 0 Å². The number of nitrogens with zero attached hydrogens (tertiary/aromatic N) is 1. The van der Waals surface area contributed by atoms with E-state index in [0.29, 0.717) is 0 Å². The Morgan fingerprint density at radius 1 is 0.529 bits per heavy atom. The molecule has 1 aliphatic heterocycles.